The van der Waals surface area contributed by atoms with E-state index in [2.05, 4.69) is 160 Å². The lowest BCUT2D eigenvalue weighted by molar-refractivity contribution is -0.142. The summed E-state index contributed by atoms with van der Waals surface area (Å²) in [5.41, 5.74) is 11.5. The normalized spacial score (nSPS) is 12.8. The maximum atomic E-state index is 12.1. The van der Waals surface area contributed by atoms with Crippen LogP contribution in [0.2, 0.25) is 0 Å². The summed E-state index contributed by atoms with van der Waals surface area (Å²) in [6, 6.07) is 66.6. The Labute approximate surface area is 571 Å². The van der Waals surface area contributed by atoms with Gasteiger partial charge in [0.1, 0.15) is 11.3 Å². The van der Waals surface area contributed by atoms with Gasteiger partial charge >= 0.3 is 11.9 Å². The van der Waals surface area contributed by atoms with E-state index in [1.54, 1.807) is 60.7 Å². The van der Waals surface area contributed by atoms with Gasteiger partial charge in [0.15, 0.2) is 5.69 Å². The molecule has 0 radical (unpaired) electrons. The van der Waals surface area contributed by atoms with E-state index < -0.39 is 11.9 Å². The number of nitrogens with one attached hydrogen (secondary N) is 1. The third kappa shape index (κ3) is 20.9. The van der Waals surface area contributed by atoms with E-state index in [0.29, 0.717) is 52.1 Å². The van der Waals surface area contributed by atoms with Crippen molar-refractivity contribution in [2.45, 2.75) is 187 Å². The van der Waals surface area contributed by atoms with Crippen molar-refractivity contribution in [3.05, 3.63) is 234 Å². The molecule has 2 aromatic heterocycles. The van der Waals surface area contributed by atoms with Crippen LogP contribution in [0.4, 0.5) is 5.69 Å². The van der Waals surface area contributed by atoms with E-state index in [9.17, 15) is 24.0 Å². The number of aromatic nitrogens is 3. The Morgan fingerprint density at radius 2 is 0.958 bits per heavy atom. The number of imide groups is 1. The summed E-state index contributed by atoms with van der Waals surface area (Å²) < 4.78 is 7.72. The standard InChI is InChI=1S/C16H17N.C16H18.C14H16N2O4.C13H19NO.C12H13NO2.C10H14O.2CH4/c1-3-12(2)17-15-10-6-4-8-13(15)14-9-5-7-11-16(14)17;1-3-13(2)14-9-11-16(12-10-14)15-7-5-4-6-8-15;1-4-9(2)19-14(18)13-11-7-5-6-8-12(11)16(15-13)20-10(3)17;1-5-13(3,4)12(15)14-11-8-6-10(2)7-9-11;1-3-8(2)13-11(14)9-6-4-5-7-10(9)12(13)15;1-3-8(2)9-4-6-10(11)7-5-9;;/h4-12H,3H2,1-2H3;4-13H,3H2,1-2H3;5-9H,4H2,1-3H3;6-9H,5H2,1-4H3,(H,14,15);4-8H,3H2,1-2H3;4-8,11H,3H2,1-2H3;2*1H4. The number of phenolic OH excluding ortho intramolecular Hbond substituents is 1. The number of esters is 1. The molecule has 510 valence electrons. The van der Waals surface area contributed by atoms with Gasteiger partial charge in [-0.15, -0.1) is 5.10 Å². The molecule has 1 aliphatic rings. The third-order valence-electron chi connectivity index (χ3n) is 17.4. The summed E-state index contributed by atoms with van der Waals surface area (Å²) in [5, 5.41) is 19.3. The molecule has 0 bridgehead atoms. The molecule has 13 nitrogen and oxygen atoms in total. The number of anilines is 1. The maximum Gasteiger partial charge on any atom is 0.359 e. The molecule has 2 N–H and O–H groups in total. The second kappa shape index (κ2) is 38.1. The van der Waals surface area contributed by atoms with Crippen molar-refractivity contribution in [1.29, 1.82) is 0 Å². The molecule has 5 unspecified atom stereocenters. The Hall–Kier alpha value is -9.62. The molecule has 10 aromatic rings. The lowest BCUT2D eigenvalue weighted by Gasteiger charge is -2.21. The molecule has 13 heteroatoms. The maximum absolute atomic E-state index is 12.1. The number of aryl methyl sites for hydroxylation is 1. The quantitative estimate of drug-likeness (QED) is 0.0708. The first-order valence-electron chi connectivity index (χ1n) is 33.2. The fourth-order valence-electron chi connectivity index (χ4n) is 10.1. The van der Waals surface area contributed by atoms with Crippen LogP contribution in [0.5, 0.6) is 5.75 Å². The zero-order valence-corrected chi connectivity index (χ0v) is 57.8. The van der Waals surface area contributed by atoms with Crippen molar-refractivity contribution in [3.8, 4) is 16.9 Å². The van der Waals surface area contributed by atoms with Gasteiger partial charge in [0.25, 0.3) is 11.8 Å². The molecule has 0 spiro atoms. The van der Waals surface area contributed by atoms with Crippen molar-refractivity contribution in [2.75, 3.05) is 5.32 Å². The minimum atomic E-state index is -0.526. The SMILES string of the molecule is C.C.CCC(C)(C)C(=O)Nc1ccc(C)cc1.CCC(C)N1C(=O)c2ccccc2C1=O.CCC(C)OC(=O)c1nn(OC(C)=O)c2ccccc12.CCC(C)c1ccc(-c2ccccc2)cc1.CCC(C)c1ccc(O)cc1.CCC(C)n1c2ccccc2c2ccccc21. The number of carbonyl (C=O) groups excluding carboxylic acids is 5. The first kappa shape index (κ1) is 78.8. The highest BCUT2D eigenvalue weighted by atomic mass is 16.7. The number of hydrogen-bond donors (Lipinski definition) is 2. The Balaban J connectivity index is 0.000000246. The highest BCUT2D eigenvalue weighted by Gasteiger charge is 2.37. The Bertz CT molecular complexity index is 3970. The second-order valence-electron chi connectivity index (χ2n) is 24.6. The first-order valence-corrected chi connectivity index (χ1v) is 33.2. The fraction of sp³-hybridized carbons (Fsp3) is 0.349. The number of amides is 3. The minimum absolute atomic E-state index is 0. The van der Waals surface area contributed by atoms with Gasteiger partial charge < -0.3 is 24.6 Å². The van der Waals surface area contributed by atoms with E-state index in [1.165, 1.54) is 67.9 Å². The monoisotopic (exact) mass is 1300 g/mol. The molecular formula is C83H105N5O8. The summed E-state index contributed by atoms with van der Waals surface area (Å²) in [6.45, 7) is 30.2. The van der Waals surface area contributed by atoms with Gasteiger partial charge in [-0.3, -0.25) is 19.3 Å². The average molecular weight is 1300 g/mol. The van der Waals surface area contributed by atoms with Gasteiger partial charge in [-0.25, -0.2) is 9.59 Å². The number of fused-ring (bicyclic) bond motifs is 5. The molecule has 0 saturated heterocycles. The van der Waals surface area contributed by atoms with E-state index in [0.717, 1.165) is 36.2 Å². The predicted octanol–water partition coefficient (Wildman–Crippen LogP) is 21.2. The zero-order chi connectivity index (χ0) is 68.6. The molecule has 11 rings (SSSR count). The van der Waals surface area contributed by atoms with E-state index in [4.69, 9.17) is 14.7 Å². The van der Waals surface area contributed by atoms with E-state index >= 15 is 0 Å². The molecule has 0 aliphatic carbocycles. The van der Waals surface area contributed by atoms with Crippen LogP contribution in [-0.4, -0.2) is 66.3 Å². The van der Waals surface area contributed by atoms with Crippen LogP contribution in [0, 0.1) is 12.3 Å². The van der Waals surface area contributed by atoms with Crippen LogP contribution >= 0.6 is 0 Å². The molecule has 96 heavy (non-hydrogen) atoms. The predicted molar refractivity (Wildman–Crippen MR) is 398 cm³/mol. The third-order valence-corrected chi connectivity index (χ3v) is 17.4. The van der Waals surface area contributed by atoms with Gasteiger partial charge in [0, 0.05) is 57.3 Å². The largest absolute Gasteiger partial charge is 0.508 e. The smallest absolute Gasteiger partial charge is 0.359 e. The van der Waals surface area contributed by atoms with Crippen LogP contribution in [0.15, 0.2) is 200 Å². The number of rotatable bonds is 16. The second-order valence-corrected chi connectivity index (χ2v) is 24.6. The number of aromatic hydroxyl groups is 1. The fourth-order valence-corrected chi connectivity index (χ4v) is 10.1. The van der Waals surface area contributed by atoms with Crippen molar-refractivity contribution in [1.82, 2.24) is 19.4 Å². The van der Waals surface area contributed by atoms with Crippen LogP contribution in [0.25, 0.3) is 43.8 Å². The molecule has 8 aromatic carbocycles. The molecule has 0 fully saturated rings. The van der Waals surface area contributed by atoms with Crippen LogP contribution < -0.4 is 10.2 Å². The van der Waals surface area contributed by atoms with Crippen LogP contribution in [-0.2, 0) is 14.3 Å². The van der Waals surface area contributed by atoms with Crippen molar-refractivity contribution in [3.63, 3.8) is 0 Å². The number of phenols is 1. The number of para-hydroxylation sites is 3. The van der Waals surface area contributed by atoms with Crippen molar-refractivity contribution in [2.24, 2.45) is 5.41 Å². The Morgan fingerprint density at radius 3 is 1.42 bits per heavy atom. The van der Waals surface area contributed by atoms with Crippen molar-refractivity contribution < 1.29 is 38.7 Å². The van der Waals surface area contributed by atoms with E-state index in [1.807, 2.05) is 91.8 Å². The minimum Gasteiger partial charge on any atom is -0.508 e. The number of nitrogens with zero attached hydrogens (tertiary/aromatic N) is 4. The summed E-state index contributed by atoms with van der Waals surface area (Å²) in [4.78, 5) is 66.2. The van der Waals surface area contributed by atoms with Gasteiger partial charge in [-0.2, -0.15) is 0 Å². The van der Waals surface area contributed by atoms with Crippen LogP contribution in [0.3, 0.4) is 0 Å². The molecule has 5 atom stereocenters. The topological polar surface area (TPSA) is 162 Å². The lowest BCUT2D eigenvalue weighted by atomic mass is 9.89. The molecule has 3 heterocycles. The van der Waals surface area contributed by atoms with Gasteiger partial charge in [-0.05, 0) is 155 Å². The summed E-state index contributed by atoms with van der Waals surface area (Å²) in [5.74, 6) is 0.308. The average Bonchev–Trinajstić information content (AvgIpc) is 1.62. The summed E-state index contributed by atoms with van der Waals surface area (Å²) in [7, 11) is 0. The van der Waals surface area contributed by atoms with Gasteiger partial charge in [0.2, 0.25) is 5.91 Å². The number of benzene rings is 8. The Morgan fingerprint density at radius 1 is 0.521 bits per heavy atom. The summed E-state index contributed by atoms with van der Waals surface area (Å²) in [6.07, 6.45) is 5.64. The highest BCUT2D eigenvalue weighted by Crippen LogP contribution is 2.33. The lowest BCUT2D eigenvalue weighted by Crippen LogP contribution is -2.37. The number of carbonyl (C=O) groups is 5. The number of hydrogen-bond acceptors (Lipinski definition) is 9. The molecule has 0 saturated carbocycles. The molecular weight excluding hydrogens is 1190 g/mol. The van der Waals surface area contributed by atoms with E-state index in [-0.39, 0.29) is 55.8 Å². The summed E-state index contributed by atoms with van der Waals surface area (Å²) >= 11 is 0. The first-order chi connectivity index (χ1) is 45.0. The molecule has 3 amide bonds. The van der Waals surface area contributed by atoms with Gasteiger partial charge in [-0.1, -0.05) is 240 Å². The molecule has 1 aliphatic heterocycles. The number of ether oxygens (including phenoxy) is 1. The van der Waals surface area contributed by atoms with Crippen LogP contribution in [0.1, 0.15) is 216 Å². The highest BCUT2D eigenvalue weighted by molar-refractivity contribution is 6.21. The van der Waals surface area contributed by atoms with Gasteiger partial charge in [0.05, 0.1) is 17.2 Å². The zero-order valence-electron chi connectivity index (χ0n) is 57.8. The van der Waals surface area contributed by atoms with Crippen molar-refractivity contribution >= 4 is 68.1 Å². The Kier molecular flexibility index (Phi) is 31.3.